The van der Waals surface area contributed by atoms with Gasteiger partial charge in [0.25, 0.3) is 5.91 Å². The van der Waals surface area contributed by atoms with Crippen LogP contribution in [0.1, 0.15) is 47.1 Å². The number of benzene rings is 2. The molecular weight excluding hydrogens is 561 g/mol. The summed E-state index contributed by atoms with van der Waals surface area (Å²) in [6.45, 7) is 1.48. The molecule has 8 nitrogen and oxygen atoms in total. The Kier molecular flexibility index (Phi) is 8.24. The number of allylic oxidation sites excluding steroid dienone is 1. The SMILES string of the molecule is Cc1cc(F)c(C(=O)N[C@H]2C/C=C\CCC(=O)Nc3cc(NC(=O)C(F)(F)F)ccc3-c3nc2[nH]c3Cl)c(F)c1. The van der Waals surface area contributed by atoms with Gasteiger partial charge in [-0.05, 0) is 55.7 Å². The molecule has 0 saturated carbocycles. The molecule has 1 aliphatic rings. The number of fused-ring (bicyclic) bond motifs is 4. The molecule has 210 valence electrons. The Hall–Kier alpha value is -4.26. The molecule has 0 saturated heterocycles. The smallest absolute Gasteiger partial charge is 0.342 e. The number of H-pyrrole nitrogens is 1. The predicted octanol–water partition coefficient (Wildman–Crippen LogP) is 5.97. The quantitative estimate of drug-likeness (QED) is 0.225. The van der Waals surface area contributed by atoms with Crippen LogP contribution in [0.5, 0.6) is 0 Å². The number of nitrogens with one attached hydrogen (secondary N) is 4. The van der Waals surface area contributed by atoms with Crippen LogP contribution in [-0.4, -0.2) is 33.9 Å². The third-order valence-corrected chi connectivity index (χ3v) is 6.14. The number of halogens is 6. The van der Waals surface area contributed by atoms with E-state index in [1.165, 1.54) is 19.1 Å². The number of amides is 3. The molecule has 2 aromatic carbocycles. The lowest BCUT2D eigenvalue weighted by molar-refractivity contribution is -0.167. The third-order valence-electron chi connectivity index (χ3n) is 5.87. The first-order chi connectivity index (χ1) is 18.8. The molecule has 3 aromatic rings. The van der Waals surface area contributed by atoms with E-state index in [0.717, 1.165) is 18.2 Å². The van der Waals surface area contributed by atoms with E-state index in [1.807, 2.05) is 0 Å². The summed E-state index contributed by atoms with van der Waals surface area (Å²) in [5.74, 6) is -5.69. The molecule has 0 spiro atoms. The van der Waals surface area contributed by atoms with E-state index in [9.17, 15) is 36.3 Å². The zero-order valence-corrected chi connectivity index (χ0v) is 21.4. The van der Waals surface area contributed by atoms with Gasteiger partial charge in [0.2, 0.25) is 5.91 Å². The highest BCUT2D eigenvalue weighted by Crippen LogP contribution is 2.36. The minimum atomic E-state index is -5.13. The summed E-state index contributed by atoms with van der Waals surface area (Å²) in [6, 6.07) is 4.71. The van der Waals surface area contributed by atoms with Gasteiger partial charge in [0.1, 0.15) is 33.9 Å². The number of aromatic amines is 1. The van der Waals surface area contributed by atoms with Gasteiger partial charge >= 0.3 is 12.1 Å². The maximum absolute atomic E-state index is 14.4. The molecule has 40 heavy (non-hydrogen) atoms. The number of hydrogen-bond acceptors (Lipinski definition) is 4. The largest absolute Gasteiger partial charge is 0.471 e. The first-order valence-electron chi connectivity index (χ1n) is 11.8. The molecule has 0 unspecified atom stereocenters. The number of nitrogens with zero attached hydrogens (tertiary/aromatic N) is 1. The van der Waals surface area contributed by atoms with Crippen LogP contribution in [0.25, 0.3) is 11.3 Å². The highest BCUT2D eigenvalue weighted by atomic mass is 35.5. The topological polar surface area (TPSA) is 116 Å². The van der Waals surface area contributed by atoms with Crippen molar-refractivity contribution in [3.05, 3.63) is 76.2 Å². The summed E-state index contributed by atoms with van der Waals surface area (Å²) in [5, 5.41) is 6.80. The Bertz CT molecular complexity index is 1500. The highest BCUT2D eigenvalue weighted by molar-refractivity contribution is 6.32. The van der Waals surface area contributed by atoms with Crippen molar-refractivity contribution in [3.63, 3.8) is 0 Å². The van der Waals surface area contributed by atoms with Gasteiger partial charge < -0.3 is 20.9 Å². The second kappa shape index (κ2) is 11.5. The molecule has 0 fully saturated rings. The maximum Gasteiger partial charge on any atom is 0.471 e. The summed E-state index contributed by atoms with van der Waals surface area (Å²) in [4.78, 5) is 44.0. The summed E-state index contributed by atoms with van der Waals surface area (Å²) < 4.78 is 67.1. The molecule has 0 aliphatic carbocycles. The molecule has 4 rings (SSSR count). The summed E-state index contributed by atoms with van der Waals surface area (Å²) in [7, 11) is 0. The van der Waals surface area contributed by atoms with E-state index in [2.05, 4.69) is 20.6 Å². The van der Waals surface area contributed by atoms with E-state index in [1.54, 1.807) is 17.5 Å². The predicted molar refractivity (Wildman–Crippen MR) is 137 cm³/mol. The van der Waals surface area contributed by atoms with Crippen LogP contribution >= 0.6 is 11.6 Å². The standard InChI is InChI=1S/C26H21ClF5N5O3/c1-12-9-15(28)20(16(29)10-12)24(39)35-17-5-3-2-4-6-19(38)34-18-11-13(33-25(40)26(30,31)32)7-8-14(18)21-22(27)37-23(17)36-21/h2-3,7-11,17H,4-6H2,1H3,(H,33,40)(H,34,38)(H,35,39)(H,36,37)/b3-2-/t17-/m0/s1. The number of alkyl halides is 3. The van der Waals surface area contributed by atoms with Gasteiger partial charge in [-0.3, -0.25) is 14.4 Å². The zero-order chi connectivity index (χ0) is 29.2. The van der Waals surface area contributed by atoms with Crippen LogP contribution in [0, 0.1) is 18.6 Å². The Balaban J connectivity index is 1.73. The van der Waals surface area contributed by atoms with Crippen LogP contribution in [0.4, 0.5) is 33.3 Å². The minimum Gasteiger partial charge on any atom is -0.342 e. The molecule has 1 aliphatic heterocycles. The van der Waals surface area contributed by atoms with Crippen molar-refractivity contribution in [1.29, 1.82) is 0 Å². The van der Waals surface area contributed by atoms with Gasteiger partial charge in [0.05, 0.1) is 11.7 Å². The first-order valence-corrected chi connectivity index (χ1v) is 12.2. The van der Waals surface area contributed by atoms with Crippen molar-refractivity contribution in [2.45, 2.75) is 38.4 Å². The second-order valence-electron chi connectivity index (χ2n) is 8.92. The first kappa shape index (κ1) is 28.7. The van der Waals surface area contributed by atoms with Crippen LogP contribution < -0.4 is 16.0 Å². The monoisotopic (exact) mass is 581 g/mol. The number of carbonyl (C=O) groups is 3. The van der Waals surface area contributed by atoms with E-state index in [-0.39, 0.29) is 52.9 Å². The Morgan fingerprint density at radius 1 is 1.10 bits per heavy atom. The second-order valence-corrected chi connectivity index (χ2v) is 9.30. The van der Waals surface area contributed by atoms with Crippen molar-refractivity contribution < 1.29 is 36.3 Å². The Morgan fingerprint density at radius 3 is 2.48 bits per heavy atom. The van der Waals surface area contributed by atoms with Crippen LogP contribution in [0.3, 0.4) is 0 Å². The molecule has 2 heterocycles. The molecule has 4 N–H and O–H groups in total. The highest BCUT2D eigenvalue weighted by Gasteiger charge is 2.38. The number of aryl methyl sites for hydroxylation is 1. The Labute approximate surface area is 229 Å². The fourth-order valence-corrected chi connectivity index (χ4v) is 4.25. The van der Waals surface area contributed by atoms with E-state index >= 15 is 0 Å². The van der Waals surface area contributed by atoms with Crippen molar-refractivity contribution >= 4 is 40.7 Å². The molecule has 2 bridgehead atoms. The normalized spacial score (nSPS) is 16.5. The lowest BCUT2D eigenvalue weighted by Crippen LogP contribution is -2.30. The van der Waals surface area contributed by atoms with Gasteiger partial charge in [-0.25, -0.2) is 13.8 Å². The summed E-state index contributed by atoms with van der Waals surface area (Å²) >= 11 is 6.39. The van der Waals surface area contributed by atoms with Gasteiger partial charge in [0, 0.05) is 17.7 Å². The molecule has 1 atom stereocenters. The van der Waals surface area contributed by atoms with Crippen LogP contribution in [0.2, 0.25) is 5.15 Å². The minimum absolute atomic E-state index is 0.00929. The number of hydrogen-bond donors (Lipinski definition) is 4. The summed E-state index contributed by atoms with van der Waals surface area (Å²) in [5.41, 5.74) is -0.456. The molecule has 0 radical (unpaired) electrons. The van der Waals surface area contributed by atoms with E-state index < -0.39 is 47.1 Å². The van der Waals surface area contributed by atoms with Crippen LogP contribution in [0.15, 0.2) is 42.5 Å². The van der Waals surface area contributed by atoms with E-state index in [4.69, 9.17) is 11.6 Å². The zero-order valence-electron chi connectivity index (χ0n) is 20.7. The van der Waals surface area contributed by atoms with Gasteiger partial charge in [-0.2, -0.15) is 13.2 Å². The fourth-order valence-electron chi connectivity index (χ4n) is 4.01. The molecule has 1 aromatic heterocycles. The number of aromatic nitrogens is 2. The lowest BCUT2D eigenvalue weighted by atomic mass is 10.1. The Morgan fingerprint density at radius 2 is 1.80 bits per heavy atom. The van der Waals surface area contributed by atoms with Gasteiger partial charge in [-0.15, -0.1) is 0 Å². The maximum atomic E-state index is 14.4. The number of anilines is 2. The van der Waals surface area contributed by atoms with Gasteiger partial charge in [0.15, 0.2) is 0 Å². The number of rotatable bonds is 3. The molecule has 3 amide bonds. The van der Waals surface area contributed by atoms with Crippen molar-refractivity contribution in [2.24, 2.45) is 0 Å². The lowest BCUT2D eigenvalue weighted by Gasteiger charge is -2.16. The van der Waals surface area contributed by atoms with Crippen molar-refractivity contribution in [3.8, 4) is 11.3 Å². The van der Waals surface area contributed by atoms with Crippen LogP contribution in [-0.2, 0) is 9.59 Å². The van der Waals surface area contributed by atoms with E-state index in [0.29, 0.717) is 5.56 Å². The average Bonchev–Trinajstić information content (AvgIpc) is 3.23. The van der Waals surface area contributed by atoms with Crippen molar-refractivity contribution in [2.75, 3.05) is 10.6 Å². The number of imidazole rings is 1. The van der Waals surface area contributed by atoms with Gasteiger partial charge in [-0.1, -0.05) is 23.8 Å². The average molecular weight is 582 g/mol. The fraction of sp³-hybridized carbons (Fsp3) is 0.231. The molecular formula is C26H21ClF5N5O3. The number of carbonyl (C=O) groups excluding carboxylic acids is 3. The molecule has 14 heteroatoms. The summed E-state index contributed by atoms with van der Waals surface area (Å²) in [6.07, 6.45) is -1.47. The third kappa shape index (κ3) is 6.47. The van der Waals surface area contributed by atoms with Crippen molar-refractivity contribution in [1.82, 2.24) is 15.3 Å².